The number of nitrogens with two attached hydrogens (primary N) is 1. The number of anilines is 1. The minimum atomic E-state index is -4.02. The Morgan fingerprint density at radius 3 is 2.29 bits per heavy atom. The van der Waals surface area contributed by atoms with Gasteiger partial charge in [0.1, 0.15) is 9.77 Å². The molecular formula is C12H10N2O5S2. The molecule has 2 aromatic rings. The van der Waals surface area contributed by atoms with Crippen LogP contribution in [0.2, 0.25) is 0 Å². The topological polar surface area (TPSA) is 127 Å². The predicted molar refractivity (Wildman–Crippen MR) is 77.0 cm³/mol. The summed E-state index contributed by atoms with van der Waals surface area (Å²) in [5.41, 5.74) is 5.51. The normalized spacial score (nSPS) is 11.0. The second kappa shape index (κ2) is 5.54. The molecule has 1 heterocycles. The Morgan fingerprint density at radius 1 is 1.14 bits per heavy atom. The summed E-state index contributed by atoms with van der Waals surface area (Å²) in [5, 5.41) is 10.3. The van der Waals surface area contributed by atoms with Crippen molar-refractivity contribution >= 4 is 38.9 Å². The Morgan fingerprint density at radius 2 is 1.76 bits per heavy atom. The van der Waals surface area contributed by atoms with E-state index in [4.69, 9.17) is 10.8 Å². The highest BCUT2D eigenvalue weighted by Gasteiger charge is 2.23. The molecule has 0 unspecified atom stereocenters. The van der Waals surface area contributed by atoms with E-state index in [0.717, 1.165) is 11.3 Å². The standard InChI is InChI=1S/C12H10N2O5S2/c13-11(15)7-1-3-8(4-2-7)14-21(18,19)9-5-6-20-10(9)12(16)17/h1-6,14H,(H2,13,15)(H,16,17). The fourth-order valence-electron chi connectivity index (χ4n) is 1.58. The number of hydrogen-bond acceptors (Lipinski definition) is 5. The zero-order chi connectivity index (χ0) is 15.6. The lowest BCUT2D eigenvalue weighted by Crippen LogP contribution is -2.15. The number of aromatic carboxylic acids is 1. The molecule has 110 valence electrons. The molecular weight excluding hydrogens is 316 g/mol. The van der Waals surface area contributed by atoms with Gasteiger partial charge in [0.25, 0.3) is 10.0 Å². The first-order chi connectivity index (χ1) is 9.81. The second-order valence-electron chi connectivity index (χ2n) is 3.97. The van der Waals surface area contributed by atoms with Crippen LogP contribution >= 0.6 is 11.3 Å². The molecule has 21 heavy (non-hydrogen) atoms. The minimum Gasteiger partial charge on any atom is -0.477 e. The Bertz CT molecular complexity index is 793. The summed E-state index contributed by atoms with van der Waals surface area (Å²) in [4.78, 5) is 21.3. The number of hydrogen-bond donors (Lipinski definition) is 3. The third-order valence-corrected chi connectivity index (χ3v) is 4.99. The fraction of sp³-hybridized carbons (Fsp3) is 0. The van der Waals surface area contributed by atoms with Gasteiger partial charge >= 0.3 is 5.97 Å². The van der Waals surface area contributed by atoms with E-state index in [0.29, 0.717) is 0 Å². The lowest BCUT2D eigenvalue weighted by molar-refractivity contribution is 0.0698. The zero-order valence-electron chi connectivity index (χ0n) is 10.4. The molecule has 0 aliphatic rings. The number of carbonyl (C=O) groups is 2. The molecule has 0 saturated heterocycles. The molecule has 1 amide bonds. The zero-order valence-corrected chi connectivity index (χ0v) is 12.1. The molecule has 1 aromatic carbocycles. The number of benzene rings is 1. The molecule has 0 radical (unpaired) electrons. The third-order valence-electron chi connectivity index (χ3n) is 2.53. The van der Waals surface area contributed by atoms with Gasteiger partial charge < -0.3 is 10.8 Å². The van der Waals surface area contributed by atoms with Gasteiger partial charge in [0.05, 0.1) is 0 Å². The highest BCUT2D eigenvalue weighted by molar-refractivity contribution is 7.93. The predicted octanol–water partition coefficient (Wildman–Crippen LogP) is 1.35. The second-order valence-corrected chi connectivity index (χ2v) is 6.53. The van der Waals surface area contributed by atoms with Crippen LogP contribution in [0.5, 0.6) is 0 Å². The van der Waals surface area contributed by atoms with E-state index < -0.39 is 21.9 Å². The van der Waals surface area contributed by atoms with Crippen molar-refractivity contribution in [2.75, 3.05) is 4.72 Å². The first-order valence-corrected chi connectivity index (χ1v) is 7.91. The van der Waals surface area contributed by atoms with Gasteiger partial charge in [-0.3, -0.25) is 9.52 Å². The number of sulfonamides is 1. The summed E-state index contributed by atoms with van der Waals surface area (Å²) in [6.07, 6.45) is 0. The molecule has 0 bridgehead atoms. The maximum atomic E-state index is 12.1. The summed E-state index contributed by atoms with van der Waals surface area (Å²) in [6, 6.07) is 6.68. The maximum Gasteiger partial charge on any atom is 0.347 e. The van der Waals surface area contributed by atoms with Gasteiger partial charge in [-0.25, -0.2) is 13.2 Å². The Hall–Kier alpha value is -2.39. The third kappa shape index (κ3) is 3.20. The van der Waals surface area contributed by atoms with E-state index in [9.17, 15) is 18.0 Å². The van der Waals surface area contributed by atoms with Crippen molar-refractivity contribution in [3.63, 3.8) is 0 Å². The lowest BCUT2D eigenvalue weighted by Gasteiger charge is -2.08. The number of primary amides is 1. The van der Waals surface area contributed by atoms with E-state index in [1.54, 1.807) is 0 Å². The summed E-state index contributed by atoms with van der Waals surface area (Å²) in [7, 11) is -4.02. The van der Waals surface area contributed by atoms with E-state index >= 15 is 0 Å². The van der Waals surface area contributed by atoms with Gasteiger partial charge in [-0.1, -0.05) is 0 Å². The summed E-state index contributed by atoms with van der Waals surface area (Å²) in [5.74, 6) is -1.94. The highest BCUT2D eigenvalue weighted by atomic mass is 32.2. The van der Waals surface area contributed by atoms with E-state index in [1.165, 1.54) is 35.7 Å². The van der Waals surface area contributed by atoms with Gasteiger partial charge in [0, 0.05) is 11.3 Å². The van der Waals surface area contributed by atoms with Crippen LogP contribution in [0.3, 0.4) is 0 Å². The largest absolute Gasteiger partial charge is 0.477 e. The molecule has 0 spiro atoms. The van der Waals surface area contributed by atoms with Crippen LogP contribution in [0, 0.1) is 0 Å². The van der Waals surface area contributed by atoms with Crippen LogP contribution < -0.4 is 10.5 Å². The Labute approximate surface area is 124 Å². The van der Waals surface area contributed by atoms with Gasteiger partial charge in [0.15, 0.2) is 0 Å². The van der Waals surface area contributed by atoms with E-state index in [-0.39, 0.29) is 21.0 Å². The summed E-state index contributed by atoms with van der Waals surface area (Å²) < 4.78 is 26.5. The van der Waals surface area contributed by atoms with Crippen LogP contribution in [-0.4, -0.2) is 25.4 Å². The number of carbonyl (C=O) groups excluding carboxylic acids is 1. The minimum absolute atomic E-state index is 0.197. The molecule has 0 saturated carbocycles. The molecule has 0 aliphatic carbocycles. The maximum absolute atomic E-state index is 12.1. The van der Waals surface area contributed by atoms with Crippen molar-refractivity contribution in [2.24, 2.45) is 5.73 Å². The van der Waals surface area contributed by atoms with Crippen molar-refractivity contribution in [3.8, 4) is 0 Å². The van der Waals surface area contributed by atoms with E-state index in [2.05, 4.69) is 4.72 Å². The number of carboxylic acids is 1. The fourth-order valence-corrected chi connectivity index (χ4v) is 3.90. The van der Waals surface area contributed by atoms with Crippen LogP contribution in [0.15, 0.2) is 40.6 Å². The number of carboxylic acid groups (broad SMARTS) is 1. The molecule has 0 atom stereocenters. The van der Waals surface area contributed by atoms with Crippen molar-refractivity contribution < 1.29 is 23.1 Å². The molecule has 9 heteroatoms. The average Bonchev–Trinajstić information content (AvgIpc) is 2.89. The van der Waals surface area contributed by atoms with Crippen molar-refractivity contribution in [1.82, 2.24) is 0 Å². The van der Waals surface area contributed by atoms with Crippen LogP contribution in [0.25, 0.3) is 0 Å². The Balaban J connectivity index is 2.31. The first-order valence-electron chi connectivity index (χ1n) is 5.55. The molecule has 7 nitrogen and oxygen atoms in total. The molecule has 4 N–H and O–H groups in total. The lowest BCUT2D eigenvalue weighted by atomic mass is 10.2. The van der Waals surface area contributed by atoms with Gasteiger partial charge in [-0.2, -0.15) is 0 Å². The molecule has 0 aliphatic heterocycles. The van der Waals surface area contributed by atoms with Crippen LogP contribution in [0.4, 0.5) is 5.69 Å². The molecule has 1 aromatic heterocycles. The monoisotopic (exact) mass is 326 g/mol. The van der Waals surface area contributed by atoms with Crippen molar-refractivity contribution in [3.05, 3.63) is 46.2 Å². The van der Waals surface area contributed by atoms with Crippen LogP contribution in [0.1, 0.15) is 20.0 Å². The van der Waals surface area contributed by atoms with Crippen molar-refractivity contribution in [2.45, 2.75) is 4.90 Å². The number of thiophene rings is 1. The average molecular weight is 326 g/mol. The SMILES string of the molecule is NC(=O)c1ccc(NS(=O)(=O)c2ccsc2C(=O)O)cc1. The molecule has 2 rings (SSSR count). The van der Waals surface area contributed by atoms with Crippen molar-refractivity contribution in [1.29, 1.82) is 0 Å². The highest BCUT2D eigenvalue weighted by Crippen LogP contribution is 2.24. The number of rotatable bonds is 5. The molecule has 0 fully saturated rings. The number of nitrogens with one attached hydrogen (secondary N) is 1. The summed E-state index contributed by atoms with van der Waals surface area (Å²) >= 11 is 0.822. The van der Waals surface area contributed by atoms with E-state index in [1.807, 2.05) is 0 Å². The first kappa shape index (κ1) is 15.0. The van der Waals surface area contributed by atoms with Gasteiger partial charge in [-0.05, 0) is 35.7 Å². The smallest absolute Gasteiger partial charge is 0.347 e. The quantitative estimate of drug-likeness (QED) is 0.764. The van der Waals surface area contributed by atoms with Gasteiger partial charge in [-0.15, -0.1) is 11.3 Å². The van der Waals surface area contributed by atoms with Gasteiger partial charge in [0.2, 0.25) is 5.91 Å². The van der Waals surface area contributed by atoms with Crippen LogP contribution in [-0.2, 0) is 10.0 Å². The summed E-state index contributed by atoms with van der Waals surface area (Å²) in [6.45, 7) is 0. The Kier molecular flexibility index (Phi) is 3.96. The number of amides is 1.